The number of aryl methyl sites for hydroxylation is 2. The Morgan fingerprint density at radius 3 is 2.55 bits per heavy atom. The van der Waals surface area contributed by atoms with Gasteiger partial charge in [-0.2, -0.15) is 0 Å². The van der Waals surface area contributed by atoms with Gasteiger partial charge in [-0.15, -0.1) is 12.6 Å². The first kappa shape index (κ1) is 8.27. The van der Waals surface area contributed by atoms with E-state index < -0.39 is 0 Å². The quantitative estimate of drug-likeness (QED) is 0.646. The minimum absolute atomic E-state index is 0.759. The van der Waals surface area contributed by atoms with Crippen LogP contribution in [-0.4, -0.2) is 9.97 Å². The lowest BCUT2D eigenvalue weighted by Crippen LogP contribution is -1.95. The van der Waals surface area contributed by atoms with Gasteiger partial charge in [0.2, 0.25) is 0 Å². The zero-order valence-electron chi connectivity index (χ0n) is 6.63. The Balaban J connectivity index is 3.35. The molecule has 0 amide bonds. The van der Waals surface area contributed by atoms with Gasteiger partial charge in [0.25, 0.3) is 0 Å². The Morgan fingerprint density at radius 1 is 1.36 bits per heavy atom. The molecule has 1 heterocycles. The van der Waals surface area contributed by atoms with Crippen molar-refractivity contribution in [3.8, 4) is 0 Å². The van der Waals surface area contributed by atoms with Crippen LogP contribution >= 0.6 is 12.6 Å². The molecule has 2 nitrogen and oxygen atoms in total. The summed E-state index contributed by atoms with van der Waals surface area (Å²) in [4.78, 5) is 9.10. The highest BCUT2D eigenvalue weighted by Crippen LogP contribution is 2.15. The van der Waals surface area contributed by atoms with E-state index in [1.165, 1.54) is 0 Å². The van der Waals surface area contributed by atoms with E-state index >= 15 is 0 Å². The first-order chi connectivity index (χ1) is 5.15. The van der Waals surface area contributed by atoms with E-state index in [1.54, 1.807) is 6.08 Å². The second-order valence-corrected chi connectivity index (χ2v) is 2.74. The molecule has 0 atom stereocenters. The number of nitrogens with zero attached hydrogens (tertiary/aromatic N) is 2. The van der Waals surface area contributed by atoms with Gasteiger partial charge in [-0.05, 0) is 19.9 Å². The topological polar surface area (TPSA) is 25.8 Å². The Morgan fingerprint density at radius 2 is 2.00 bits per heavy atom. The van der Waals surface area contributed by atoms with Crippen molar-refractivity contribution in [2.24, 2.45) is 0 Å². The highest BCUT2D eigenvalue weighted by molar-refractivity contribution is 7.80. The molecular formula is C8H10N2S. The van der Waals surface area contributed by atoms with Gasteiger partial charge in [0, 0.05) is 0 Å². The predicted octanol–water partition coefficient (Wildman–Crippen LogP) is 2.03. The lowest BCUT2D eigenvalue weighted by molar-refractivity contribution is 0.950. The van der Waals surface area contributed by atoms with Gasteiger partial charge in [-0.25, -0.2) is 9.97 Å². The molecule has 1 aromatic heterocycles. The molecule has 0 unspecified atom stereocenters. The molecule has 58 valence electrons. The van der Waals surface area contributed by atoms with Gasteiger partial charge in [-0.3, -0.25) is 0 Å². The van der Waals surface area contributed by atoms with Crippen molar-refractivity contribution < 1.29 is 0 Å². The second-order valence-electron chi connectivity index (χ2n) is 2.29. The maximum absolute atomic E-state index is 4.24. The summed E-state index contributed by atoms with van der Waals surface area (Å²) in [6.07, 6.45) is 1.68. The van der Waals surface area contributed by atoms with Gasteiger partial charge in [0.05, 0.1) is 16.3 Å². The fraction of sp³-hybridized carbons (Fsp3) is 0.250. The SMILES string of the molecule is C=Cc1nc(C)nc(C)c1S. The maximum Gasteiger partial charge on any atom is 0.126 e. The van der Waals surface area contributed by atoms with Crippen LogP contribution in [0.4, 0.5) is 0 Å². The number of thiol groups is 1. The van der Waals surface area contributed by atoms with E-state index in [0.29, 0.717) is 0 Å². The summed E-state index contributed by atoms with van der Waals surface area (Å²) < 4.78 is 0. The van der Waals surface area contributed by atoms with E-state index in [2.05, 4.69) is 29.2 Å². The normalized spacial score (nSPS) is 9.73. The van der Waals surface area contributed by atoms with Gasteiger partial charge in [0.15, 0.2) is 0 Å². The highest BCUT2D eigenvalue weighted by atomic mass is 32.1. The summed E-state index contributed by atoms with van der Waals surface area (Å²) in [5.41, 5.74) is 1.70. The number of hydrogen-bond acceptors (Lipinski definition) is 3. The minimum Gasteiger partial charge on any atom is -0.237 e. The molecule has 0 bridgehead atoms. The summed E-state index contributed by atoms with van der Waals surface area (Å²) in [7, 11) is 0. The van der Waals surface area contributed by atoms with Crippen molar-refractivity contribution in [3.63, 3.8) is 0 Å². The molecule has 0 aliphatic rings. The zero-order valence-corrected chi connectivity index (χ0v) is 7.52. The van der Waals surface area contributed by atoms with Crippen LogP contribution in [0.25, 0.3) is 6.08 Å². The number of rotatable bonds is 1. The van der Waals surface area contributed by atoms with Crippen molar-refractivity contribution in [2.45, 2.75) is 18.7 Å². The second kappa shape index (κ2) is 3.05. The van der Waals surface area contributed by atoms with Crippen molar-refractivity contribution in [2.75, 3.05) is 0 Å². The molecule has 0 aliphatic heterocycles. The van der Waals surface area contributed by atoms with Gasteiger partial charge in [0.1, 0.15) is 5.82 Å². The smallest absolute Gasteiger partial charge is 0.126 e. The van der Waals surface area contributed by atoms with Crippen molar-refractivity contribution in [1.29, 1.82) is 0 Å². The number of hydrogen-bond donors (Lipinski definition) is 1. The zero-order chi connectivity index (χ0) is 8.43. The third-order valence-electron chi connectivity index (χ3n) is 1.39. The maximum atomic E-state index is 4.24. The summed E-state index contributed by atoms with van der Waals surface area (Å²) in [5.74, 6) is 0.759. The van der Waals surface area contributed by atoms with E-state index in [4.69, 9.17) is 0 Å². The monoisotopic (exact) mass is 166 g/mol. The average molecular weight is 166 g/mol. The largest absolute Gasteiger partial charge is 0.237 e. The van der Waals surface area contributed by atoms with Crippen LogP contribution in [0.2, 0.25) is 0 Å². The van der Waals surface area contributed by atoms with Gasteiger partial charge in [-0.1, -0.05) is 6.58 Å². The standard InChI is InChI=1S/C8H10N2S/c1-4-7-8(11)5(2)9-6(3)10-7/h4,11H,1H2,2-3H3. The van der Waals surface area contributed by atoms with Crippen LogP contribution in [0, 0.1) is 13.8 Å². The molecule has 0 radical (unpaired) electrons. The molecule has 0 aromatic carbocycles. The van der Waals surface area contributed by atoms with E-state index in [1.807, 2.05) is 13.8 Å². The molecule has 1 aromatic rings. The lowest BCUT2D eigenvalue weighted by Gasteiger charge is -2.02. The Kier molecular flexibility index (Phi) is 2.29. The Labute approximate surface area is 71.8 Å². The first-order valence-corrected chi connectivity index (χ1v) is 3.76. The number of aromatic nitrogens is 2. The minimum atomic E-state index is 0.759. The van der Waals surface area contributed by atoms with Crippen LogP contribution in [0.3, 0.4) is 0 Å². The van der Waals surface area contributed by atoms with Crippen LogP contribution in [0.1, 0.15) is 17.2 Å². The van der Waals surface area contributed by atoms with Crippen molar-refractivity contribution in [3.05, 3.63) is 23.8 Å². The molecule has 0 spiro atoms. The van der Waals surface area contributed by atoms with Crippen LogP contribution < -0.4 is 0 Å². The van der Waals surface area contributed by atoms with Gasteiger partial charge < -0.3 is 0 Å². The summed E-state index contributed by atoms with van der Waals surface area (Å²) in [6.45, 7) is 7.40. The molecule has 3 heteroatoms. The predicted molar refractivity (Wildman–Crippen MR) is 48.8 cm³/mol. The van der Waals surface area contributed by atoms with Crippen LogP contribution in [0.15, 0.2) is 11.5 Å². The summed E-state index contributed by atoms with van der Waals surface area (Å²) >= 11 is 4.24. The van der Waals surface area contributed by atoms with E-state index in [9.17, 15) is 0 Å². The van der Waals surface area contributed by atoms with E-state index in [-0.39, 0.29) is 0 Å². The molecular weight excluding hydrogens is 156 g/mol. The van der Waals surface area contributed by atoms with Gasteiger partial charge >= 0.3 is 0 Å². The molecule has 0 saturated heterocycles. The molecule has 0 saturated carbocycles. The lowest BCUT2D eigenvalue weighted by atomic mass is 10.3. The van der Waals surface area contributed by atoms with Crippen LogP contribution in [-0.2, 0) is 0 Å². The Bertz CT molecular complexity index is 294. The molecule has 1 rings (SSSR count). The molecule has 11 heavy (non-hydrogen) atoms. The molecule has 0 N–H and O–H groups in total. The third kappa shape index (κ3) is 1.60. The first-order valence-electron chi connectivity index (χ1n) is 3.31. The third-order valence-corrected chi connectivity index (χ3v) is 1.94. The average Bonchev–Trinajstić information content (AvgIpc) is 1.96. The fourth-order valence-corrected chi connectivity index (χ4v) is 1.07. The molecule has 0 fully saturated rings. The molecule has 0 aliphatic carbocycles. The highest BCUT2D eigenvalue weighted by Gasteiger charge is 2.01. The Hall–Kier alpha value is -0.830. The van der Waals surface area contributed by atoms with E-state index in [0.717, 1.165) is 22.1 Å². The summed E-state index contributed by atoms with van der Waals surface area (Å²) in [6, 6.07) is 0. The summed E-state index contributed by atoms with van der Waals surface area (Å²) in [5, 5.41) is 0. The fourth-order valence-electron chi connectivity index (χ4n) is 0.876. The van der Waals surface area contributed by atoms with Crippen LogP contribution in [0.5, 0.6) is 0 Å². The van der Waals surface area contributed by atoms with Crippen molar-refractivity contribution in [1.82, 2.24) is 9.97 Å². The van der Waals surface area contributed by atoms with Crippen molar-refractivity contribution >= 4 is 18.7 Å².